The van der Waals surface area contributed by atoms with E-state index in [1.165, 1.54) is 44.3 Å². The number of rotatable bonds is 4. The van der Waals surface area contributed by atoms with Crippen LogP contribution in [0.15, 0.2) is 23.1 Å². The van der Waals surface area contributed by atoms with Crippen LogP contribution in [0.2, 0.25) is 0 Å². The fourth-order valence-corrected chi connectivity index (χ4v) is 3.51. The van der Waals surface area contributed by atoms with Crippen LogP contribution < -0.4 is 10.0 Å². The highest BCUT2D eigenvalue weighted by atomic mass is 32.2. The highest BCUT2D eigenvalue weighted by Gasteiger charge is 2.28. The molecule has 134 valence electrons. The van der Waals surface area contributed by atoms with Crippen LogP contribution in [-0.2, 0) is 14.8 Å². The van der Waals surface area contributed by atoms with Crippen molar-refractivity contribution in [1.29, 1.82) is 0 Å². The van der Waals surface area contributed by atoms with Gasteiger partial charge >= 0.3 is 6.09 Å². The molecule has 0 unspecified atom stereocenters. The van der Waals surface area contributed by atoms with Crippen LogP contribution in [-0.4, -0.2) is 52.1 Å². The molecule has 0 spiro atoms. The minimum absolute atomic E-state index is 0.00664. The average Bonchev–Trinajstić information content (AvgIpc) is 2.43. The quantitative estimate of drug-likeness (QED) is 0.852. The number of methoxy groups -OCH3 is 1. The Hall–Kier alpha value is -2.13. The molecule has 0 aliphatic rings. The second-order valence-corrected chi connectivity index (χ2v) is 8.03. The summed E-state index contributed by atoms with van der Waals surface area (Å²) in [5.74, 6) is -0.464. The second-order valence-electron chi connectivity index (χ2n) is 6.38. The molecule has 0 bridgehead atoms. The summed E-state index contributed by atoms with van der Waals surface area (Å²) in [4.78, 5) is 24.7. The van der Waals surface area contributed by atoms with Crippen LogP contribution in [0.4, 0.5) is 10.5 Å². The zero-order valence-electron chi connectivity index (χ0n) is 14.6. The lowest BCUT2D eigenvalue weighted by atomic mass is 10.1. The molecule has 2 amide bonds. The van der Waals surface area contributed by atoms with Crippen LogP contribution in [0.25, 0.3) is 0 Å². The molecule has 8 nitrogen and oxygen atoms in total. The number of benzene rings is 1. The molecule has 1 aromatic rings. The molecule has 0 saturated heterocycles. The van der Waals surface area contributed by atoms with E-state index in [1.807, 2.05) is 0 Å². The molecular weight excluding hydrogens is 334 g/mol. The number of carbonyl (C=O) groups is 2. The van der Waals surface area contributed by atoms with E-state index in [4.69, 9.17) is 0 Å². The molecule has 1 rings (SSSR count). The number of amides is 2. The van der Waals surface area contributed by atoms with E-state index in [-0.39, 0.29) is 16.1 Å². The highest BCUT2D eigenvalue weighted by molar-refractivity contribution is 7.89. The molecule has 0 aromatic heterocycles. The summed E-state index contributed by atoms with van der Waals surface area (Å²) in [6.07, 6.45) is -0.742. The van der Waals surface area contributed by atoms with E-state index in [0.29, 0.717) is 0 Å². The maximum absolute atomic E-state index is 12.7. The fourth-order valence-electron chi connectivity index (χ4n) is 1.87. The van der Waals surface area contributed by atoms with Gasteiger partial charge < -0.3 is 9.64 Å². The molecule has 1 aromatic carbocycles. The Morgan fingerprint density at radius 2 is 1.75 bits per heavy atom. The van der Waals surface area contributed by atoms with Crippen molar-refractivity contribution in [3.63, 3.8) is 0 Å². The van der Waals surface area contributed by atoms with Crippen LogP contribution in [0.1, 0.15) is 31.1 Å². The van der Waals surface area contributed by atoms with Gasteiger partial charge in [-0.05, 0) is 39.0 Å². The number of nitrogens with one attached hydrogen (secondary N) is 2. The third kappa shape index (κ3) is 5.20. The highest BCUT2D eigenvalue weighted by Crippen LogP contribution is 2.23. The first-order chi connectivity index (χ1) is 10.9. The Balaban J connectivity index is 3.47. The van der Waals surface area contributed by atoms with E-state index >= 15 is 0 Å². The summed E-state index contributed by atoms with van der Waals surface area (Å²) in [7, 11) is 0.259. The fraction of sp³-hybridized carbons (Fsp3) is 0.467. The van der Waals surface area contributed by atoms with Crippen molar-refractivity contribution in [3.8, 4) is 0 Å². The van der Waals surface area contributed by atoms with Gasteiger partial charge in [-0.3, -0.25) is 10.1 Å². The summed E-state index contributed by atoms with van der Waals surface area (Å²) >= 11 is 0. The van der Waals surface area contributed by atoms with Crippen LogP contribution in [0, 0.1) is 0 Å². The number of anilines is 1. The van der Waals surface area contributed by atoms with Crippen molar-refractivity contribution in [2.75, 3.05) is 26.5 Å². The smallest absolute Gasteiger partial charge is 0.411 e. The van der Waals surface area contributed by atoms with Crippen molar-refractivity contribution in [1.82, 2.24) is 9.62 Å². The summed E-state index contributed by atoms with van der Waals surface area (Å²) in [6, 6.07) is 4.01. The first-order valence-electron chi connectivity index (χ1n) is 7.12. The molecule has 0 radical (unpaired) electrons. The average molecular weight is 357 g/mol. The molecule has 0 heterocycles. The molecule has 0 fully saturated rings. The van der Waals surface area contributed by atoms with Crippen molar-refractivity contribution >= 4 is 27.7 Å². The molecule has 0 atom stereocenters. The van der Waals surface area contributed by atoms with Crippen molar-refractivity contribution in [3.05, 3.63) is 23.8 Å². The van der Waals surface area contributed by atoms with Crippen molar-refractivity contribution in [2.24, 2.45) is 0 Å². The molecule has 24 heavy (non-hydrogen) atoms. The second kappa shape index (κ2) is 7.18. The minimum atomic E-state index is -3.98. The lowest BCUT2D eigenvalue weighted by Gasteiger charge is -2.22. The van der Waals surface area contributed by atoms with Crippen molar-refractivity contribution < 1.29 is 22.7 Å². The first kappa shape index (κ1) is 19.9. The van der Waals surface area contributed by atoms with Gasteiger partial charge in [-0.2, -0.15) is 0 Å². The predicted octanol–water partition coefficient (Wildman–Crippen LogP) is 1.64. The standard InChI is InChI=1S/C15H23N3O5S/c1-15(2,3)17-24(21,22)12-9-10(16-14(20)23-6)7-8-11(12)13(19)18(4)5/h7-9,17H,1-6H3,(H,16,20). The van der Waals surface area contributed by atoms with Crippen LogP contribution in [0.3, 0.4) is 0 Å². The maximum Gasteiger partial charge on any atom is 0.411 e. The van der Waals surface area contributed by atoms with Gasteiger partial charge in [0, 0.05) is 25.3 Å². The van der Waals surface area contributed by atoms with Gasteiger partial charge in [0.1, 0.15) is 0 Å². The van der Waals surface area contributed by atoms with E-state index in [9.17, 15) is 18.0 Å². The minimum Gasteiger partial charge on any atom is -0.453 e. The zero-order valence-corrected chi connectivity index (χ0v) is 15.4. The van der Waals surface area contributed by atoms with Gasteiger partial charge in [0.15, 0.2) is 0 Å². The topological polar surface area (TPSA) is 105 Å². The Labute approximate surface area is 142 Å². The number of ether oxygens (including phenoxy) is 1. The Morgan fingerprint density at radius 1 is 1.17 bits per heavy atom. The normalized spacial score (nSPS) is 11.8. The lowest BCUT2D eigenvalue weighted by molar-refractivity contribution is 0.0824. The molecule has 0 aliphatic carbocycles. The number of carbonyl (C=O) groups excluding carboxylic acids is 2. The van der Waals surface area contributed by atoms with E-state index in [2.05, 4.69) is 14.8 Å². The largest absolute Gasteiger partial charge is 0.453 e. The summed E-state index contributed by atoms with van der Waals surface area (Å²) in [5, 5.41) is 2.38. The zero-order chi connectivity index (χ0) is 18.7. The van der Waals surface area contributed by atoms with Crippen LogP contribution >= 0.6 is 0 Å². The number of sulfonamides is 1. The monoisotopic (exact) mass is 357 g/mol. The molecule has 2 N–H and O–H groups in total. The van der Waals surface area contributed by atoms with Gasteiger partial charge in [0.2, 0.25) is 10.0 Å². The number of nitrogens with zero attached hydrogens (tertiary/aromatic N) is 1. The molecule has 0 aliphatic heterocycles. The van der Waals surface area contributed by atoms with Crippen LogP contribution in [0.5, 0.6) is 0 Å². The van der Waals surface area contributed by atoms with Crippen molar-refractivity contribution in [2.45, 2.75) is 31.2 Å². The van der Waals surface area contributed by atoms with E-state index in [0.717, 1.165) is 0 Å². The van der Waals surface area contributed by atoms with Gasteiger partial charge in [-0.1, -0.05) is 0 Å². The summed E-state index contributed by atoms with van der Waals surface area (Å²) in [6.45, 7) is 5.07. The van der Waals surface area contributed by atoms with Gasteiger partial charge in [-0.25, -0.2) is 17.9 Å². The van der Waals surface area contributed by atoms with Gasteiger partial charge in [0.25, 0.3) is 5.91 Å². The third-order valence-corrected chi connectivity index (χ3v) is 4.58. The summed E-state index contributed by atoms with van der Waals surface area (Å²) < 4.78 is 32.3. The molecule has 9 heteroatoms. The third-order valence-electron chi connectivity index (χ3n) is 2.78. The number of hydrogen-bond acceptors (Lipinski definition) is 5. The van der Waals surface area contributed by atoms with Gasteiger partial charge in [0.05, 0.1) is 17.6 Å². The lowest BCUT2D eigenvalue weighted by Crippen LogP contribution is -2.41. The van der Waals surface area contributed by atoms with E-state index < -0.39 is 27.6 Å². The predicted molar refractivity (Wildman–Crippen MR) is 90.6 cm³/mol. The SMILES string of the molecule is COC(=O)Nc1ccc(C(=O)N(C)C)c(S(=O)(=O)NC(C)(C)C)c1. The Morgan fingerprint density at radius 3 is 2.21 bits per heavy atom. The van der Waals surface area contributed by atoms with Gasteiger partial charge in [-0.15, -0.1) is 0 Å². The maximum atomic E-state index is 12.7. The molecule has 0 saturated carbocycles. The first-order valence-corrected chi connectivity index (χ1v) is 8.60. The Bertz CT molecular complexity index is 736. The summed E-state index contributed by atoms with van der Waals surface area (Å²) in [5.41, 5.74) is -0.526. The Kier molecular flexibility index (Phi) is 5.96. The molecular formula is C15H23N3O5S. The van der Waals surface area contributed by atoms with E-state index in [1.54, 1.807) is 20.8 Å². The number of hydrogen-bond donors (Lipinski definition) is 2.